The first-order valence-electron chi connectivity index (χ1n) is 7.85. The van der Waals surface area contributed by atoms with E-state index in [0.717, 1.165) is 37.2 Å². The molecule has 1 fully saturated rings. The van der Waals surface area contributed by atoms with Crippen LogP contribution in [0, 0.1) is 5.82 Å². The quantitative estimate of drug-likeness (QED) is 0.803. The Morgan fingerprint density at radius 1 is 1.32 bits per heavy atom. The second kappa shape index (κ2) is 6.83. The van der Waals surface area contributed by atoms with E-state index in [1.165, 1.54) is 18.6 Å². The van der Waals surface area contributed by atoms with Gasteiger partial charge in [-0.05, 0) is 37.9 Å². The Bertz CT molecular complexity index is 640. The van der Waals surface area contributed by atoms with Gasteiger partial charge >= 0.3 is 0 Å². The van der Waals surface area contributed by atoms with Gasteiger partial charge in [-0.25, -0.2) is 14.4 Å². The molecule has 3 rings (SSSR count). The van der Waals surface area contributed by atoms with Gasteiger partial charge in [-0.2, -0.15) is 0 Å². The van der Waals surface area contributed by atoms with E-state index in [4.69, 9.17) is 10.7 Å². The predicted molar refractivity (Wildman–Crippen MR) is 86.2 cm³/mol. The van der Waals surface area contributed by atoms with Crippen LogP contribution in [0.2, 0.25) is 0 Å². The molecule has 1 aromatic heterocycles. The fourth-order valence-electron chi connectivity index (χ4n) is 2.62. The molecule has 0 aliphatic heterocycles. The summed E-state index contributed by atoms with van der Waals surface area (Å²) in [6.07, 6.45) is 6.29. The molecule has 0 radical (unpaired) electrons. The maximum absolute atomic E-state index is 13.4. The molecule has 22 heavy (non-hydrogen) atoms. The molecule has 116 valence electrons. The number of benzene rings is 1. The number of hydrogen-bond acceptors (Lipinski definition) is 4. The summed E-state index contributed by atoms with van der Waals surface area (Å²) in [5, 5.41) is 3.37. The van der Waals surface area contributed by atoms with Crippen molar-refractivity contribution in [1.82, 2.24) is 9.97 Å². The summed E-state index contributed by atoms with van der Waals surface area (Å²) in [4.78, 5) is 9.11. The number of nitrogens with two attached hydrogens (primary N) is 1. The average Bonchev–Trinajstić information content (AvgIpc) is 2.47. The molecular weight excluding hydrogens is 279 g/mol. The Kier molecular flexibility index (Phi) is 4.63. The van der Waals surface area contributed by atoms with Crippen molar-refractivity contribution in [3.63, 3.8) is 0 Å². The van der Waals surface area contributed by atoms with Crippen LogP contribution in [0.25, 0.3) is 11.4 Å². The molecule has 0 atom stereocenters. The van der Waals surface area contributed by atoms with E-state index in [0.29, 0.717) is 23.9 Å². The second-order valence-electron chi connectivity index (χ2n) is 5.70. The number of aromatic nitrogens is 2. The monoisotopic (exact) mass is 300 g/mol. The van der Waals surface area contributed by atoms with Crippen LogP contribution >= 0.6 is 0 Å². The third-order valence-corrected chi connectivity index (χ3v) is 4.09. The summed E-state index contributed by atoms with van der Waals surface area (Å²) in [7, 11) is 0. The van der Waals surface area contributed by atoms with Gasteiger partial charge in [-0.3, -0.25) is 0 Å². The summed E-state index contributed by atoms with van der Waals surface area (Å²) >= 11 is 0. The average molecular weight is 300 g/mol. The molecule has 4 nitrogen and oxygen atoms in total. The van der Waals surface area contributed by atoms with Gasteiger partial charge in [0.05, 0.1) is 17.6 Å². The molecule has 1 aliphatic carbocycles. The summed E-state index contributed by atoms with van der Waals surface area (Å²) in [5.41, 5.74) is 8.29. The van der Waals surface area contributed by atoms with E-state index in [2.05, 4.69) is 10.3 Å². The Morgan fingerprint density at radius 2 is 2.18 bits per heavy atom. The maximum Gasteiger partial charge on any atom is 0.159 e. The molecule has 1 aliphatic rings. The van der Waals surface area contributed by atoms with Crippen LogP contribution in [0.5, 0.6) is 0 Å². The first-order chi connectivity index (χ1) is 10.8. The molecule has 0 amide bonds. The number of rotatable bonds is 6. The molecule has 3 N–H and O–H groups in total. The van der Waals surface area contributed by atoms with Gasteiger partial charge in [0.1, 0.15) is 5.82 Å². The highest BCUT2D eigenvalue weighted by molar-refractivity contribution is 5.59. The van der Waals surface area contributed by atoms with Crippen molar-refractivity contribution in [1.29, 1.82) is 0 Å². The molecule has 0 unspecified atom stereocenters. The van der Waals surface area contributed by atoms with Crippen molar-refractivity contribution in [2.75, 3.05) is 18.4 Å². The number of anilines is 1. The normalized spacial score (nSPS) is 14.6. The highest BCUT2D eigenvalue weighted by Crippen LogP contribution is 2.39. The Morgan fingerprint density at radius 3 is 2.86 bits per heavy atom. The number of nitrogens with one attached hydrogen (secondary N) is 1. The van der Waals surface area contributed by atoms with Gasteiger partial charge in [-0.1, -0.05) is 18.6 Å². The highest BCUT2D eigenvalue weighted by atomic mass is 19.1. The van der Waals surface area contributed by atoms with E-state index in [-0.39, 0.29) is 5.82 Å². The lowest BCUT2D eigenvalue weighted by molar-refractivity contribution is 0.412. The molecule has 0 saturated heterocycles. The molecule has 1 heterocycles. The van der Waals surface area contributed by atoms with Crippen molar-refractivity contribution in [2.45, 2.75) is 31.6 Å². The van der Waals surface area contributed by atoms with Crippen LogP contribution in [0.15, 0.2) is 30.5 Å². The molecule has 5 heteroatoms. The molecule has 0 spiro atoms. The van der Waals surface area contributed by atoms with Crippen molar-refractivity contribution in [2.24, 2.45) is 5.73 Å². The van der Waals surface area contributed by atoms with Crippen molar-refractivity contribution in [3.05, 3.63) is 42.0 Å². The zero-order valence-electron chi connectivity index (χ0n) is 12.6. The Balaban J connectivity index is 1.89. The van der Waals surface area contributed by atoms with Crippen LogP contribution in [-0.4, -0.2) is 23.1 Å². The minimum atomic E-state index is -0.267. The lowest BCUT2D eigenvalue weighted by Gasteiger charge is -2.27. The number of nitrogens with zero attached hydrogens (tertiary/aromatic N) is 2. The van der Waals surface area contributed by atoms with Gasteiger partial charge in [0.25, 0.3) is 0 Å². The number of hydrogen-bond donors (Lipinski definition) is 2. The maximum atomic E-state index is 13.4. The zero-order valence-corrected chi connectivity index (χ0v) is 12.6. The molecular formula is C17H21FN4. The molecule has 1 saturated carbocycles. The van der Waals surface area contributed by atoms with Crippen LogP contribution in [0.1, 0.15) is 37.3 Å². The topological polar surface area (TPSA) is 63.8 Å². The first kappa shape index (κ1) is 14.9. The van der Waals surface area contributed by atoms with Crippen molar-refractivity contribution in [3.8, 4) is 11.4 Å². The highest BCUT2D eigenvalue weighted by Gasteiger charge is 2.24. The van der Waals surface area contributed by atoms with Crippen LogP contribution in [-0.2, 0) is 0 Å². The summed E-state index contributed by atoms with van der Waals surface area (Å²) in [6, 6.07) is 6.43. The zero-order chi connectivity index (χ0) is 15.4. The minimum absolute atomic E-state index is 0.267. The molecule has 2 aromatic rings. The molecule has 0 bridgehead atoms. The summed E-state index contributed by atoms with van der Waals surface area (Å²) in [6.45, 7) is 1.48. The lowest BCUT2D eigenvalue weighted by atomic mass is 9.82. The van der Waals surface area contributed by atoms with Crippen LogP contribution in [0.3, 0.4) is 0 Å². The Labute approximate surface area is 130 Å². The van der Waals surface area contributed by atoms with Crippen LogP contribution < -0.4 is 11.1 Å². The third-order valence-electron chi connectivity index (χ3n) is 4.09. The standard InChI is InChI=1S/C17H21FN4/c18-14-7-2-6-13(10-14)17-21-11-15(20-9-3-8-19)16(22-17)12-4-1-5-12/h2,6-7,10-12,20H,1,3-5,8-9,19H2. The van der Waals surface area contributed by atoms with Gasteiger partial charge in [-0.15, -0.1) is 0 Å². The van der Waals surface area contributed by atoms with Crippen LogP contribution in [0.4, 0.5) is 10.1 Å². The fraction of sp³-hybridized carbons (Fsp3) is 0.412. The largest absolute Gasteiger partial charge is 0.382 e. The number of halogens is 1. The summed E-state index contributed by atoms with van der Waals surface area (Å²) in [5.74, 6) is 0.804. The van der Waals surface area contributed by atoms with E-state index in [1.807, 2.05) is 12.3 Å². The first-order valence-corrected chi connectivity index (χ1v) is 7.85. The van der Waals surface area contributed by atoms with Crippen molar-refractivity contribution >= 4 is 5.69 Å². The summed E-state index contributed by atoms with van der Waals surface area (Å²) < 4.78 is 13.4. The van der Waals surface area contributed by atoms with Gasteiger partial charge in [0.2, 0.25) is 0 Å². The second-order valence-corrected chi connectivity index (χ2v) is 5.70. The van der Waals surface area contributed by atoms with E-state index >= 15 is 0 Å². The molecule has 1 aromatic carbocycles. The van der Waals surface area contributed by atoms with Crippen molar-refractivity contribution < 1.29 is 4.39 Å². The third kappa shape index (κ3) is 3.25. The lowest BCUT2D eigenvalue weighted by Crippen LogP contribution is -2.16. The SMILES string of the molecule is NCCCNc1cnc(-c2cccc(F)c2)nc1C1CCC1. The van der Waals surface area contributed by atoms with E-state index in [1.54, 1.807) is 6.07 Å². The van der Waals surface area contributed by atoms with Gasteiger partial charge in [0.15, 0.2) is 5.82 Å². The van der Waals surface area contributed by atoms with E-state index < -0.39 is 0 Å². The van der Waals surface area contributed by atoms with Gasteiger partial charge < -0.3 is 11.1 Å². The van der Waals surface area contributed by atoms with E-state index in [9.17, 15) is 4.39 Å². The predicted octanol–water partition coefficient (Wildman–Crippen LogP) is 3.31. The Hall–Kier alpha value is -2.01. The van der Waals surface area contributed by atoms with Gasteiger partial charge in [0, 0.05) is 18.0 Å². The minimum Gasteiger partial charge on any atom is -0.382 e. The smallest absolute Gasteiger partial charge is 0.159 e. The fourth-order valence-corrected chi connectivity index (χ4v) is 2.62.